The van der Waals surface area contributed by atoms with Gasteiger partial charge in [-0.3, -0.25) is 0 Å². The number of halogens is 3. The van der Waals surface area contributed by atoms with E-state index in [0.29, 0.717) is 6.61 Å². The van der Waals surface area contributed by atoms with Crippen LogP contribution in [0.25, 0.3) is 0 Å². The Hall–Kier alpha value is -2.25. The zero-order valence-electron chi connectivity index (χ0n) is 17.3. The van der Waals surface area contributed by atoms with Crippen molar-refractivity contribution >= 4 is 0 Å². The molecule has 1 atom stereocenters. The first-order valence-corrected chi connectivity index (χ1v) is 10.1. The zero-order chi connectivity index (χ0) is 21.8. The second-order valence-electron chi connectivity index (χ2n) is 8.09. The highest BCUT2D eigenvalue weighted by Gasteiger charge is 2.38. The van der Waals surface area contributed by atoms with Crippen LogP contribution in [0.1, 0.15) is 31.4 Å². The maximum Gasteiger partial charge on any atom is 0.417 e. The number of aliphatic hydroxyl groups excluding tert-OH is 1. The van der Waals surface area contributed by atoms with Gasteiger partial charge < -0.3 is 19.5 Å². The maximum atomic E-state index is 12.4. The first-order chi connectivity index (χ1) is 14.2. The molecule has 0 amide bonds. The van der Waals surface area contributed by atoms with Gasteiger partial charge in [0.1, 0.15) is 18.1 Å². The molecule has 30 heavy (non-hydrogen) atoms. The topological polar surface area (TPSA) is 41.7 Å². The van der Waals surface area contributed by atoms with E-state index >= 15 is 0 Å². The van der Waals surface area contributed by atoms with Crippen LogP contribution in [0.15, 0.2) is 48.5 Å². The summed E-state index contributed by atoms with van der Waals surface area (Å²) in [4.78, 5) is 2.36. The largest absolute Gasteiger partial charge is 0.494 e. The number of hydrogen-bond donors (Lipinski definition) is 1. The first-order valence-electron chi connectivity index (χ1n) is 10.1. The van der Waals surface area contributed by atoms with E-state index in [9.17, 15) is 13.2 Å². The SMILES string of the molecule is CC(C)(c1ccc(OCCCN2CC2)cc1)c1ccc(OCC(O)C(F)(F)F)cc1. The van der Waals surface area contributed by atoms with Gasteiger partial charge in [0.2, 0.25) is 0 Å². The molecule has 0 bridgehead atoms. The molecule has 4 nitrogen and oxygen atoms in total. The minimum absolute atomic E-state index is 0.282. The summed E-state index contributed by atoms with van der Waals surface area (Å²) in [5, 5.41) is 9.03. The van der Waals surface area contributed by atoms with Crippen molar-refractivity contribution in [3.05, 3.63) is 59.7 Å². The molecule has 0 aromatic heterocycles. The van der Waals surface area contributed by atoms with E-state index in [1.807, 2.05) is 36.4 Å². The van der Waals surface area contributed by atoms with Crippen LogP contribution in [0.2, 0.25) is 0 Å². The highest BCUT2D eigenvalue weighted by molar-refractivity contribution is 5.41. The van der Waals surface area contributed by atoms with E-state index < -0.39 is 18.9 Å². The van der Waals surface area contributed by atoms with Crippen molar-refractivity contribution in [2.75, 3.05) is 32.8 Å². The van der Waals surface area contributed by atoms with Crippen molar-refractivity contribution < 1.29 is 27.8 Å². The maximum absolute atomic E-state index is 12.4. The molecule has 7 heteroatoms. The van der Waals surface area contributed by atoms with Gasteiger partial charge in [-0.15, -0.1) is 0 Å². The summed E-state index contributed by atoms with van der Waals surface area (Å²) >= 11 is 0. The lowest BCUT2D eigenvalue weighted by Gasteiger charge is -2.26. The lowest BCUT2D eigenvalue weighted by Crippen LogP contribution is -2.34. The number of nitrogens with zero attached hydrogens (tertiary/aromatic N) is 1. The summed E-state index contributed by atoms with van der Waals surface area (Å²) in [6.45, 7) is 7.51. The minimum atomic E-state index is -4.69. The third-order valence-electron chi connectivity index (χ3n) is 5.36. The van der Waals surface area contributed by atoms with Crippen LogP contribution in [0.5, 0.6) is 11.5 Å². The van der Waals surface area contributed by atoms with E-state index in [0.717, 1.165) is 29.8 Å². The quantitative estimate of drug-likeness (QED) is 0.454. The number of ether oxygens (including phenoxy) is 2. The molecule has 1 heterocycles. The second-order valence-corrected chi connectivity index (χ2v) is 8.09. The fraction of sp³-hybridized carbons (Fsp3) is 0.478. The van der Waals surface area contributed by atoms with Crippen molar-refractivity contribution in [1.82, 2.24) is 4.90 Å². The molecule has 2 aromatic rings. The minimum Gasteiger partial charge on any atom is -0.494 e. The molecule has 1 unspecified atom stereocenters. The molecule has 1 aliphatic heterocycles. The van der Waals surface area contributed by atoms with Crippen molar-refractivity contribution in [2.45, 2.75) is 38.0 Å². The molecule has 2 aromatic carbocycles. The average Bonchev–Trinajstić information content (AvgIpc) is 3.54. The van der Waals surface area contributed by atoms with Gasteiger partial charge in [-0.1, -0.05) is 38.1 Å². The van der Waals surface area contributed by atoms with Gasteiger partial charge in [0.25, 0.3) is 0 Å². The predicted molar refractivity (Wildman–Crippen MR) is 109 cm³/mol. The molecular weight excluding hydrogens is 395 g/mol. The Morgan fingerprint density at radius 1 is 0.900 bits per heavy atom. The summed E-state index contributed by atoms with van der Waals surface area (Å²) < 4.78 is 48.0. The Kier molecular flexibility index (Phi) is 6.93. The van der Waals surface area contributed by atoms with E-state index in [-0.39, 0.29) is 11.2 Å². The highest BCUT2D eigenvalue weighted by atomic mass is 19.4. The molecule has 3 rings (SSSR count). The van der Waals surface area contributed by atoms with Gasteiger partial charge in [0, 0.05) is 25.0 Å². The van der Waals surface area contributed by atoms with Crippen molar-refractivity contribution in [2.24, 2.45) is 0 Å². The monoisotopic (exact) mass is 423 g/mol. The number of benzene rings is 2. The summed E-state index contributed by atoms with van der Waals surface area (Å²) in [6.07, 6.45) is -6.17. The van der Waals surface area contributed by atoms with E-state index in [2.05, 4.69) is 18.7 Å². The van der Waals surface area contributed by atoms with Crippen molar-refractivity contribution in [1.29, 1.82) is 0 Å². The number of rotatable bonds is 10. The first kappa shape index (κ1) is 22.4. The van der Waals surface area contributed by atoms with E-state index in [1.54, 1.807) is 12.1 Å². The van der Waals surface area contributed by atoms with Gasteiger partial charge in [-0.05, 0) is 41.8 Å². The lowest BCUT2D eigenvalue weighted by atomic mass is 9.78. The third kappa shape index (κ3) is 6.12. The highest BCUT2D eigenvalue weighted by Crippen LogP contribution is 2.33. The molecule has 1 saturated heterocycles. The van der Waals surface area contributed by atoms with Gasteiger partial charge in [-0.25, -0.2) is 0 Å². The average molecular weight is 423 g/mol. The summed E-state index contributed by atoms with van der Waals surface area (Å²) in [5.74, 6) is 1.12. The molecule has 0 spiro atoms. The van der Waals surface area contributed by atoms with Gasteiger partial charge in [0.15, 0.2) is 6.10 Å². The molecular formula is C23H28F3NO3. The lowest BCUT2D eigenvalue weighted by molar-refractivity contribution is -0.210. The Morgan fingerprint density at radius 3 is 1.87 bits per heavy atom. The van der Waals surface area contributed by atoms with Crippen LogP contribution in [-0.2, 0) is 5.41 Å². The predicted octanol–water partition coefficient (Wildman–Crippen LogP) is 4.40. The number of aliphatic hydroxyl groups is 1. The fourth-order valence-corrected chi connectivity index (χ4v) is 3.14. The van der Waals surface area contributed by atoms with Crippen LogP contribution in [-0.4, -0.2) is 55.1 Å². The fourth-order valence-electron chi connectivity index (χ4n) is 3.14. The summed E-state index contributed by atoms with van der Waals surface area (Å²) in [6, 6.07) is 14.9. The Balaban J connectivity index is 1.55. The molecule has 0 saturated carbocycles. The van der Waals surface area contributed by atoms with Crippen LogP contribution < -0.4 is 9.47 Å². The van der Waals surface area contributed by atoms with Crippen LogP contribution >= 0.6 is 0 Å². The van der Waals surface area contributed by atoms with E-state index in [1.165, 1.54) is 13.1 Å². The number of hydrogen-bond acceptors (Lipinski definition) is 4. The molecule has 1 fully saturated rings. The Morgan fingerprint density at radius 2 is 1.40 bits per heavy atom. The Bertz CT molecular complexity index is 800. The standard InChI is InChI=1S/C23H28F3NO3/c1-22(2,17-4-8-19(9-5-17)29-15-3-12-27-13-14-27)18-6-10-20(11-7-18)30-16-21(28)23(24,25)26/h4-11,21,28H,3,12-16H2,1-2H3. The summed E-state index contributed by atoms with van der Waals surface area (Å²) in [7, 11) is 0. The normalized spacial score (nSPS) is 15.7. The van der Waals surface area contributed by atoms with Crippen LogP contribution in [0, 0.1) is 0 Å². The van der Waals surface area contributed by atoms with Gasteiger partial charge >= 0.3 is 6.18 Å². The molecule has 1 N–H and O–H groups in total. The third-order valence-corrected chi connectivity index (χ3v) is 5.36. The van der Waals surface area contributed by atoms with Crippen molar-refractivity contribution in [3.8, 4) is 11.5 Å². The second kappa shape index (κ2) is 9.27. The smallest absolute Gasteiger partial charge is 0.417 e. The molecule has 1 aliphatic rings. The van der Waals surface area contributed by atoms with Crippen LogP contribution in [0.4, 0.5) is 13.2 Å². The van der Waals surface area contributed by atoms with Crippen LogP contribution in [0.3, 0.4) is 0 Å². The van der Waals surface area contributed by atoms with Gasteiger partial charge in [-0.2, -0.15) is 13.2 Å². The number of alkyl halides is 3. The van der Waals surface area contributed by atoms with Gasteiger partial charge in [0.05, 0.1) is 6.61 Å². The molecule has 0 radical (unpaired) electrons. The van der Waals surface area contributed by atoms with Crippen molar-refractivity contribution in [3.63, 3.8) is 0 Å². The molecule has 164 valence electrons. The summed E-state index contributed by atoms with van der Waals surface area (Å²) in [5.41, 5.74) is 1.79. The zero-order valence-corrected chi connectivity index (χ0v) is 17.3. The Labute approximate surface area is 175 Å². The molecule has 0 aliphatic carbocycles. The van der Waals surface area contributed by atoms with E-state index in [4.69, 9.17) is 14.6 Å².